The second kappa shape index (κ2) is 5.18. The summed E-state index contributed by atoms with van der Waals surface area (Å²) in [5.41, 5.74) is 3.25. The van der Waals surface area contributed by atoms with Gasteiger partial charge in [0, 0.05) is 8.80 Å². The molecule has 1 rings (SSSR count). The summed E-state index contributed by atoms with van der Waals surface area (Å²) in [6, 6.07) is 10.6. The summed E-state index contributed by atoms with van der Waals surface area (Å²) in [6.07, 6.45) is 0. The molecule has 1 heteroatoms. The molecule has 0 heterocycles. The van der Waals surface area contributed by atoms with Crippen molar-refractivity contribution in [1.29, 1.82) is 0 Å². The monoisotopic (exact) mass is 234 g/mol. The second-order valence-electron chi connectivity index (χ2n) is 6.41. The minimum Gasteiger partial charge on any atom is -0.0722 e. The summed E-state index contributed by atoms with van der Waals surface area (Å²) < 4.78 is 0. The average Bonchev–Trinajstić information content (AvgIpc) is 2.15. The van der Waals surface area contributed by atoms with Crippen molar-refractivity contribution in [3.8, 4) is 0 Å². The van der Waals surface area contributed by atoms with E-state index < -0.39 is 8.80 Å². The number of rotatable bonds is 3. The Morgan fingerprint density at radius 1 is 1.19 bits per heavy atom. The SMILES string of the molecule is CC(C[SiH](C)C)c1cccc(C(C)(C)C)c1. The van der Waals surface area contributed by atoms with E-state index in [1.54, 1.807) is 0 Å². The summed E-state index contributed by atoms with van der Waals surface area (Å²) >= 11 is 0. The van der Waals surface area contributed by atoms with Gasteiger partial charge in [0.15, 0.2) is 0 Å². The molecule has 0 spiro atoms. The number of hydrogen-bond acceptors (Lipinski definition) is 0. The lowest BCUT2D eigenvalue weighted by Crippen LogP contribution is -2.12. The zero-order valence-electron chi connectivity index (χ0n) is 11.7. The van der Waals surface area contributed by atoms with Gasteiger partial charge in [0.1, 0.15) is 0 Å². The standard InChI is InChI=1S/C15H26Si/c1-12(11-16(5)6)13-8-7-9-14(10-13)15(2,3)4/h7-10,12,16H,11H2,1-6H3. The average molecular weight is 234 g/mol. The van der Waals surface area contributed by atoms with Crippen LogP contribution in [0.3, 0.4) is 0 Å². The van der Waals surface area contributed by atoms with Gasteiger partial charge in [-0.25, -0.2) is 0 Å². The summed E-state index contributed by atoms with van der Waals surface area (Å²) in [4.78, 5) is 0. The van der Waals surface area contributed by atoms with Crippen LogP contribution in [0, 0.1) is 0 Å². The van der Waals surface area contributed by atoms with Crippen LogP contribution in [0.4, 0.5) is 0 Å². The molecule has 0 nitrogen and oxygen atoms in total. The molecule has 0 fully saturated rings. The second-order valence-corrected chi connectivity index (χ2v) is 9.67. The van der Waals surface area contributed by atoms with Gasteiger partial charge in [-0.1, -0.05) is 71.1 Å². The third kappa shape index (κ3) is 3.78. The third-order valence-corrected chi connectivity index (χ3v) is 4.80. The highest BCUT2D eigenvalue weighted by atomic mass is 28.3. The van der Waals surface area contributed by atoms with Crippen molar-refractivity contribution in [2.45, 2.75) is 58.2 Å². The van der Waals surface area contributed by atoms with Crippen LogP contribution in [0.15, 0.2) is 24.3 Å². The largest absolute Gasteiger partial charge is 0.0722 e. The first-order valence-corrected chi connectivity index (χ1v) is 9.53. The van der Waals surface area contributed by atoms with Crippen LogP contribution in [-0.2, 0) is 5.41 Å². The molecule has 1 unspecified atom stereocenters. The van der Waals surface area contributed by atoms with Gasteiger partial charge in [0.05, 0.1) is 0 Å². The predicted molar refractivity (Wildman–Crippen MR) is 77.2 cm³/mol. The summed E-state index contributed by atoms with van der Waals surface area (Å²) in [5, 5.41) is 0. The van der Waals surface area contributed by atoms with Crippen molar-refractivity contribution >= 4 is 8.80 Å². The number of benzene rings is 1. The van der Waals surface area contributed by atoms with E-state index >= 15 is 0 Å². The molecule has 0 N–H and O–H groups in total. The molecule has 0 bridgehead atoms. The lowest BCUT2D eigenvalue weighted by atomic mass is 9.85. The van der Waals surface area contributed by atoms with E-state index in [0.29, 0.717) is 0 Å². The van der Waals surface area contributed by atoms with Gasteiger partial charge in [0.2, 0.25) is 0 Å². The van der Waals surface area contributed by atoms with Gasteiger partial charge in [-0.05, 0) is 22.5 Å². The first-order valence-electron chi connectivity index (χ1n) is 6.41. The molecule has 0 saturated heterocycles. The molecule has 0 aliphatic heterocycles. The van der Waals surface area contributed by atoms with Gasteiger partial charge in [0.25, 0.3) is 0 Å². The maximum absolute atomic E-state index is 2.43. The highest BCUT2D eigenvalue weighted by molar-refractivity contribution is 6.55. The van der Waals surface area contributed by atoms with Crippen molar-refractivity contribution in [1.82, 2.24) is 0 Å². The van der Waals surface area contributed by atoms with Crippen molar-refractivity contribution in [3.63, 3.8) is 0 Å². The minimum absolute atomic E-state index is 0.269. The van der Waals surface area contributed by atoms with Crippen LogP contribution in [0.2, 0.25) is 19.1 Å². The van der Waals surface area contributed by atoms with E-state index in [9.17, 15) is 0 Å². The zero-order chi connectivity index (χ0) is 12.3. The fraction of sp³-hybridized carbons (Fsp3) is 0.600. The quantitative estimate of drug-likeness (QED) is 0.672. The summed E-state index contributed by atoms with van der Waals surface area (Å²) in [6.45, 7) is 14.1. The van der Waals surface area contributed by atoms with E-state index in [2.05, 4.69) is 65.1 Å². The normalized spacial score (nSPS) is 14.2. The lowest BCUT2D eigenvalue weighted by Gasteiger charge is -2.22. The highest BCUT2D eigenvalue weighted by Crippen LogP contribution is 2.27. The molecule has 16 heavy (non-hydrogen) atoms. The Hall–Kier alpha value is -0.563. The van der Waals surface area contributed by atoms with Gasteiger partial charge < -0.3 is 0 Å². The molecule has 1 aromatic carbocycles. The fourth-order valence-corrected chi connectivity index (χ4v) is 3.84. The maximum Gasteiger partial charge on any atom is 0.0311 e. The Labute approximate surface area is 103 Å². The van der Waals surface area contributed by atoms with Crippen LogP contribution in [0.25, 0.3) is 0 Å². The predicted octanol–water partition coefficient (Wildman–Crippen LogP) is 4.57. The number of hydrogen-bond donors (Lipinski definition) is 0. The molecule has 0 saturated carbocycles. The van der Waals surface area contributed by atoms with Gasteiger partial charge in [-0.15, -0.1) is 0 Å². The Kier molecular flexibility index (Phi) is 4.37. The van der Waals surface area contributed by atoms with E-state index in [0.717, 1.165) is 5.92 Å². The molecule has 0 radical (unpaired) electrons. The van der Waals surface area contributed by atoms with E-state index in [-0.39, 0.29) is 5.41 Å². The van der Waals surface area contributed by atoms with Crippen LogP contribution >= 0.6 is 0 Å². The molecular formula is C15H26Si. The third-order valence-electron chi connectivity index (χ3n) is 3.15. The lowest BCUT2D eigenvalue weighted by molar-refractivity contribution is 0.588. The van der Waals surface area contributed by atoms with E-state index in [4.69, 9.17) is 0 Å². The van der Waals surface area contributed by atoms with Gasteiger partial charge in [-0.3, -0.25) is 0 Å². The summed E-state index contributed by atoms with van der Waals surface area (Å²) in [5.74, 6) is 0.731. The smallest absolute Gasteiger partial charge is 0.0311 e. The molecule has 1 aromatic rings. The Balaban J connectivity index is 2.90. The van der Waals surface area contributed by atoms with Crippen LogP contribution in [0.1, 0.15) is 44.7 Å². The molecule has 0 aliphatic carbocycles. The molecule has 0 aromatic heterocycles. The van der Waals surface area contributed by atoms with E-state index in [1.165, 1.54) is 17.2 Å². The maximum atomic E-state index is 2.43. The fourth-order valence-electron chi connectivity index (χ4n) is 2.15. The topological polar surface area (TPSA) is 0 Å². The Morgan fingerprint density at radius 3 is 2.31 bits per heavy atom. The van der Waals surface area contributed by atoms with Crippen molar-refractivity contribution in [2.75, 3.05) is 0 Å². The van der Waals surface area contributed by atoms with Gasteiger partial charge >= 0.3 is 0 Å². The van der Waals surface area contributed by atoms with E-state index in [1.807, 2.05) is 0 Å². The van der Waals surface area contributed by atoms with Crippen LogP contribution in [-0.4, -0.2) is 8.80 Å². The Morgan fingerprint density at radius 2 is 1.81 bits per heavy atom. The van der Waals surface area contributed by atoms with Crippen molar-refractivity contribution in [2.24, 2.45) is 0 Å². The molecule has 1 atom stereocenters. The van der Waals surface area contributed by atoms with Crippen molar-refractivity contribution in [3.05, 3.63) is 35.4 Å². The van der Waals surface area contributed by atoms with Gasteiger partial charge in [-0.2, -0.15) is 0 Å². The highest BCUT2D eigenvalue weighted by Gasteiger charge is 2.15. The zero-order valence-corrected chi connectivity index (χ0v) is 12.8. The van der Waals surface area contributed by atoms with Crippen LogP contribution < -0.4 is 0 Å². The molecular weight excluding hydrogens is 208 g/mol. The first-order chi connectivity index (χ1) is 7.30. The Bertz CT molecular complexity index is 334. The van der Waals surface area contributed by atoms with Crippen LogP contribution in [0.5, 0.6) is 0 Å². The molecule has 90 valence electrons. The molecule has 0 amide bonds. The first kappa shape index (κ1) is 13.5. The summed E-state index contributed by atoms with van der Waals surface area (Å²) in [7, 11) is -0.456. The molecule has 0 aliphatic rings. The van der Waals surface area contributed by atoms with Crippen molar-refractivity contribution < 1.29 is 0 Å². The minimum atomic E-state index is -0.456.